The van der Waals surface area contributed by atoms with Gasteiger partial charge in [0.15, 0.2) is 4.34 Å². The van der Waals surface area contributed by atoms with Gasteiger partial charge in [0, 0.05) is 0 Å². The Morgan fingerprint density at radius 2 is 2.18 bits per heavy atom. The Bertz CT molecular complexity index is 479. The Morgan fingerprint density at radius 1 is 1.29 bits per heavy atom. The molecule has 0 radical (unpaired) electrons. The van der Waals surface area contributed by atoms with Gasteiger partial charge in [-0.2, -0.15) is 0 Å². The highest BCUT2D eigenvalue weighted by molar-refractivity contribution is 7.99. The van der Waals surface area contributed by atoms with Gasteiger partial charge in [-0.1, -0.05) is 38.3 Å². The number of nitrogens with zero attached hydrogens (tertiary/aromatic N) is 1. The lowest BCUT2D eigenvalue weighted by Crippen LogP contribution is -1.88. The molecule has 2 N–H and O–H groups in total. The number of fused-ring (bicyclic) bond motifs is 1. The molecular formula is C13H18N2S2. The molecule has 4 heteroatoms. The zero-order valence-electron chi connectivity index (χ0n) is 10.1. The van der Waals surface area contributed by atoms with Crippen LogP contribution in [0.5, 0.6) is 0 Å². The molecule has 0 aliphatic carbocycles. The second-order valence-corrected chi connectivity index (χ2v) is 6.08. The molecule has 0 atom stereocenters. The van der Waals surface area contributed by atoms with Crippen LogP contribution < -0.4 is 5.14 Å². The van der Waals surface area contributed by atoms with Gasteiger partial charge in [0.05, 0.1) is 10.2 Å². The number of nitrogens with two attached hydrogens (primary N) is 1. The van der Waals surface area contributed by atoms with Crippen LogP contribution in [-0.2, 0) is 6.42 Å². The minimum atomic E-state index is 0.959. The van der Waals surface area contributed by atoms with E-state index in [1.54, 1.807) is 11.3 Å². The van der Waals surface area contributed by atoms with Crippen LogP contribution in [0.3, 0.4) is 0 Å². The summed E-state index contributed by atoms with van der Waals surface area (Å²) in [4.78, 5) is 4.59. The minimum Gasteiger partial charge on any atom is -0.272 e. The Morgan fingerprint density at radius 3 is 2.94 bits per heavy atom. The van der Waals surface area contributed by atoms with E-state index in [2.05, 4.69) is 30.1 Å². The Hall–Kier alpha value is -0.580. The van der Waals surface area contributed by atoms with Crippen molar-refractivity contribution in [2.24, 2.45) is 5.14 Å². The van der Waals surface area contributed by atoms with Crippen molar-refractivity contribution in [1.82, 2.24) is 4.98 Å². The van der Waals surface area contributed by atoms with E-state index in [9.17, 15) is 0 Å². The van der Waals surface area contributed by atoms with E-state index in [-0.39, 0.29) is 0 Å². The largest absolute Gasteiger partial charge is 0.272 e. The Labute approximate surface area is 111 Å². The Kier molecular flexibility index (Phi) is 4.83. The van der Waals surface area contributed by atoms with Crippen LogP contribution in [0.1, 0.15) is 38.2 Å². The summed E-state index contributed by atoms with van der Waals surface area (Å²) in [7, 11) is 0. The van der Waals surface area contributed by atoms with Gasteiger partial charge >= 0.3 is 0 Å². The maximum absolute atomic E-state index is 5.57. The minimum absolute atomic E-state index is 0.959. The maximum atomic E-state index is 5.57. The molecule has 0 aliphatic heterocycles. The molecule has 17 heavy (non-hydrogen) atoms. The number of thiazole rings is 1. The number of aryl methyl sites for hydroxylation is 1. The van der Waals surface area contributed by atoms with E-state index in [1.165, 1.54) is 47.9 Å². The third-order valence-electron chi connectivity index (χ3n) is 2.88. The number of unbranched alkanes of at least 4 members (excludes halogenated alkanes) is 3. The molecule has 0 amide bonds. The first kappa shape index (κ1) is 12.9. The summed E-state index contributed by atoms with van der Waals surface area (Å²) in [6.45, 7) is 2.24. The zero-order chi connectivity index (χ0) is 12.1. The van der Waals surface area contributed by atoms with E-state index in [1.807, 2.05) is 0 Å². The lowest BCUT2D eigenvalue weighted by atomic mass is 10.1. The zero-order valence-corrected chi connectivity index (χ0v) is 11.7. The van der Waals surface area contributed by atoms with Crippen LogP contribution in [0.2, 0.25) is 0 Å². The van der Waals surface area contributed by atoms with Crippen LogP contribution in [0.4, 0.5) is 0 Å². The smallest absolute Gasteiger partial charge is 0.165 e. The highest BCUT2D eigenvalue weighted by Crippen LogP contribution is 2.29. The fraction of sp³-hybridized carbons (Fsp3) is 0.462. The normalized spacial score (nSPS) is 11.2. The first-order valence-electron chi connectivity index (χ1n) is 6.10. The molecule has 2 aromatic rings. The molecule has 1 aromatic heterocycles. The van der Waals surface area contributed by atoms with Gasteiger partial charge in [0.2, 0.25) is 0 Å². The van der Waals surface area contributed by atoms with E-state index in [0.717, 1.165) is 16.3 Å². The molecule has 2 rings (SSSR count). The summed E-state index contributed by atoms with van der Waals surface area (Å²) < 4.78 is 2.21. The number of aromatic nitrogens is 1. The second kappa shape index (κ2) is 6.38. The monoisotopic (exact) mass is 266 g/mol. The third kappa shape index (κ3) is 3.21. The van der Waals surface area contributed by atoms with Crippen LogP contribution in [0.15, 0.2) is 22.5 Å². The van der Waals surface area contributed by atoms with Gasteiger partial charge in [-0.15, -0.1) is 11.3 Å². The molecule has 1 heterocycles. The van der Waals surface area contributed by atoms with Crippen molar-refractivity contribution in [2.75, 3.05) is 0 Å². The van der Waals surface area contributed by atoms with Crippen LogP contribution in [0.25, 0.3) is 10.2 Å². The summed E-state index contributed by atoms with van der Waals surface area (Å²) in [5.74, 6) is 0. The standard InChI is InChI=1S/C13H18N2S2/c1-2-3-4-5-7-10-8-6-9-11-12(10)15-13(16-11)17-14/h6,8-9H,2-5,7,14H2,1H3. The van der Waals surface area contributed by atoms with Crippen molar-refractivity contribution in [3.63, 3.8) is 0 Å². The molecule has 0 saturated heterocycles. The molecular weight excluding hydrogens is 248 g/mol. The van der Waals surface area contributed by atoms with E-state index in [4.69, 9.17) is 5.14 Å². The molecule has 0 bridgehead atoms. The van der Waals surface area contributed by atoms with Crippen molar-refractivity contribution in [3.8, 4) is 0 Å². The topological polar surface area (TPSA) is 38.9 Å². The molecule has 0 spiro atoms. The second-order valence-electron chi connectivity index (χ2n) is 4.17. The Balaban J connectivity index is 2.13. The van der Waals surface area contributed by atoms with Crippen LogP contribution in [0, 0.1) is 0 Å². The van der Waals surface area contributed by atoms with Gasteiger partial charge in [0.25, 0.3) is 0 Å². The highest BCUT2D eigenvalue weighted by atomic mass is 32.2. The van der Waals surface area contributed by atoms with Crippen molar-refractivity contribution < 1.29 is 0 Å². The number of rotatable bonds is 6. The van der Waals surface area contributed by atoms with Crippen LogP contribution in [-0.4, -0.2) is 4.98 Å². The average molecular weight is 266 g/mol. The fourth-order valence-electron chi connectivity index (χ4n) is 1.98. The summed E-state index contributed by atoms with van der Waals surface area (Å²) in [5.41, 5.74) is 2.53. The summed E-state index contributed by atoms with van der Waals surface area (Å²) in [6.07, 6.45) is 6.33. The maximum Gasteiger partial charge on any atom is 0.165 e. The summed E-state index contributed by atoms with van der Waals surface area (Å²) in [6, 6.07) is 6.45. The van der Waals surface area contributed by atoms with E-state index in [0.29, 0.717) is 0 Å². The predicted molar refractivity (Wildman–Crippen MR) is 77.5 cm³/mol. The van der Waals surface area contributed by atoms with Gasteiger partial charge in [-0.3, -0.25) is 5.14 Å². The number of hydrogen-bond acceptors (Lipinski definition) is 4. The fourth-order valence-corrected chi connectivity index (χ4v) is 3.33. The quantitative estimate of drug-likeness (QED) is 0.622. The van der Waals surface area contributed by atoms with Crippen molar-refractivity contribution in [3.05, 3.63) is 23.8 Å². The summed E-state index contributed by atoms with van der Waals surface area (Å²) >= 11 is 2.92. The molecule has 0 aliphatic rings. The first-order chi connectivity index (χ1) is 8.35. The predicted octanol–water partition coefficient (Wildman–Crippen LogP) is 4.38. The summed E-state index contributed by atoms with van der Waals surface area (Å²) in [5, 5.41) is 5.57. The van der Waals surface area contributed by atoms with Crippen molar-refractivity contribution >= 4 is 33.5 Å². The highest BCUT2D eigenvalue weighted by Gasteiger charge is 2.07. The van der Waals surface area contributed by atoms with Crippen molar-refractivity contribution in [2.45, 2.75) is 43.4 Å². The lowest BCUT2D eigenvalue weighted by Gasteiger charge is -2.01. The molecule has 0 unspecified atom stereocenters. The molecule has 2 nitrogen and oxygen atoms in total. The third-order valence-corrected chi connectivity index (χ3v) is 4.53. The molecule has 0 fully saturated rings. The molecule has 0 saturated carbocycles. The van der Waals surface area contributed by atoms with Crippen LogP contribution >= 0.6 is 23.3 Å². The lowest BCUT2D eigenvalue weighted by molar-refractivity contribution is 0.668. The van der Waals surface area contributed by atoms with Gasteiger partial charge in [0.1, 0.15) is 0 Å². The number of para-hydroxylation sites is 1. The van der Waals surface area contributed by atoms with E-state index >= 15 is 0 Å². The van der Waals surface area contributed by atoms with Gasteiger partial charge < -0.3 is 0 Å². The van der Waals surface area contributed by atoms with Crippen molar-refractivity contribution in [1.29, 1.82) is 0 Å². The van der Waals surface area contributed by atoms with Gasteiger partial charge in [-0.25, -0.2) is 4.98 Å². The van der Waals surface area contributed by atoms with E-state index < -0.39 is 0 Å². The average Bonchev–Trinajstić information content (AvgIpc) is 2.78. The van der Waals surface area contributed by atoms with Gasteiger partial charge in [-0.05, 0) is 36.4 Å². The number of hydrogen-bond donors (Lipinski definition) is 1. The number of benzene rings is 1. The molecule has 1 aromatic carbocycles. The SMILES string of the molecule is CCCCCCc1cccc2sc(SN)nc12. The first-order valence-corrected chi connectivity index (χ1v) is 7.80. The molecule has 92 valence electrons.